The molecule has 1 fully saturated rings. The number of rotatable bonds is 6. The number of hydrogen-bond acceptors (Lipinski definition) is 2. The Morgan fingerprint density at radius 3 is 2.43 bits per heavy atom. The van der Waals surface area contributed by atoms with Crippen LogP contribution in [0.4, 0.5) is 0 Å². The van der Waals surface area contributed by atoms with Gasteiger partial charge in [0, 0.05) is 13.2 Å². The van der Waals surface area contributed by atoms with Crippen LogP contribution in [0.1, 0.15) is 52.4 Å². The second-order valence-electron chi connectivity index (χ2n) is 4.35. The van der Waals surface area contributed by atoms with Crippen LogP contribution in [0, 0.1) is 0 Å². The molecule has 0 radical (unpaired) electrons. The molecular formula is C12H25NO. The monoisotopic (exact) mass is 199 g/mol. The molecule has 0 aromatic rings. The molecule has 1 rings (SSSR count). The standard InChI is InChI=1S/C12H25NO/c1-3-10-13-11-12(14-4-2)8-6-5-7-9-12/h13H,3-11H2,1-2H3. The summed E-state index contributed by atoms with van der Waals surface area (Å²) in [5, 5.41) is 3.51. The molecule has 0 unspecified atom stereocenters. The lowest BCUT2D eigenvalue weighted by atomic mass is 9.84. The van der Waals surface area contributed by atoms with Crippen molar-refractivity contribution in [2.24, 2.45) is 0 Å². The predicted octanol–water partition coefficient (Wildman–Crippen LogP) is 2.73. The second kappa shape index (κ2) is 6.41. The molecule has 0 bridgehead atoms. The zero-order chi connectivity index (χ0) is 10.3. The molecule has 14 heavy (non-hydrogen) atoms. The van der Waals surface area contributed by atoms with Crippen LogP contribution in [-0.2, 0) is 4.74 Å². The summed E-state index contributed by atoms with van der Waals surface area (Å²) in [6.07, 6.45) is 7.78. The maximum Gasteiger partial charge on any atom is 0.0806 e. The number of nitrogens with one attached hydrogen (secondary N) is 1. The highest BCUT2D eigenvalue weighted by Gasteiger charge is 2.31. The minimum atomic E-state index is 0.169. The fourth-order valence-corrected chi connectivity index (χ4v) is 2.37. The summed E-state index contributed by atoms with van der Waals surface area (Å²) in [4.78, 5) is 0. The highest BCUT2D eigenvalue weighted by atomic mass is 16.5. The molecule has 84 valence electrons. The van der Waals surface area contributed by atoms with Crippen LogP contribution >= 0.6 is 0 Å². The van der Waals surface area contributed by atoms with Crippen LogP contribution in [0.15, 0.2) is 0 Å². The van der Waals surface area contributed by atoms with Gasteiger partial charge in [-0.15, -0.1) is 0 Å². The van der Waals surface area contributed by atoms with Crippen molar-refractivity contribution in [3.8, 4) is 0 Å². The Hall–Kier alpha value is -0.0800. The average molecular weight is 199 g/mol. The lowest BCUT2D eigenvalue weighted by molar-refractivity contribution is -0.0626. The van der Waals surface area contributed by atoms with Gasteiger partial charge in [-0.25, -0.2) is 0 Å². The van der Waals surface area contributed by atoms with Crippen molar-refractivity contribution in [3.63, 3.8) is 0 Å². The molecule has 1 aliphatic rings. The van der Waals surface area contributed by atoms with E-state index < -0.39 is 0 Å². The van der Waals surface area contributed by atoms with Crippen LogP contribution < -0.4 is 5.32 Å². The molecule has 0 aromatic carbocycles. The smallest absolute Gasteiger partial charge is 0.0806 e. The van der Waals surface area contributed by atoms with Crippen molar-refractivity contribution in [2.45, 2.75) is 58.0 Å². The van der Waals surface area contributed by atoms with E-state index in [2.05, 4.69) is 19.2 Å². The Bertz CT molecular complexity index is 136. The Balaban J connectivity index is 2.34. The van der Waals surface area contributed by atoms with Crippen molar-refractivity contribution >= 4 is 0 Å². The summed E-state index contributed by atoms with van der Waals surface area (Å²) in [7, 11) is 0. The van der Waals surface area contributed by atoms with Gasteiger partial charge in [0.25, 0.3) is 0 Å². The molecule has 0 atom stereocenters. The van der Waals surface area contributed by atoms with Crippen molar-refractivity contribution in [3.05, 3.63) is 0 Å². The van der Waals surface area contributed by atoms with E-state index in [0.717, 1.165) is 19.7 Å². The minimum Gasteiger partial charge on any atom is -0.374 e. The topological polar surface area (TPSA) is 21.3 Å². The summed E-state index contributed by atoms with van der Waals surface area (Å²) in [5.41, 5.74) is 0.169. The van der Waals surface area contributed by atoms with Gasteiger partial charge in [-0.1, -0.05) is 26.2 Å². The first-order valence-electron chi connectivity index (χ1n) is 6.17. The van der Waals surface area contributed by atoms with Gasteiger partial charge >= 0.3 is 0 Å². The lowest BCUT2D eigenvalue weighted by Crippen LogP contribution is -2.45. The van der Waals surface area contributed by atoms with E-state index in [1.807, 2.05) is 0 Å². The molecule has 0 aliphatic heterocycles. The second-order valence-corrected chi connectivity index (χ2v) is 4.35. The molecule has 2 heteroatoms. The molecule has 0 saturated heterocycles. The Labute approximate surface area is 88.4 Å². The molecule has 1 saturated carbocycles. The summed E-state index contributed by atoms with van der Waals surface area (Å²) in [5.74, 6) is 0. The third kappa shape index (κ3) is 3.58. The molecule has 0 amide bonds. The van der Waals surface area contributed by atoms with E-state index in [1.165, 1.54) is 38.5 Å². The molecule has 0 spiro atoms. The Kier molecular flexibility index (Phi) is 5.49. The van der Waals surface area contributed by atoms with E-state index in [1.54, 1.807) is 0 Å². The van der Waals surface area contributed by atoms with Crippen molar-refractivity contribution in [1.82, 2.24) is 5.32 Å². The highest BCUT2D eigenvalue weighted by molar-refractivity contribution is 4.86. The average Bonchev–Trinajstić information content (AvgIpc) is 2.20. The molecule has 0 aromatic heterocycles. The van der Waals surface area contributed by atoms with Gasteiger partial charge in [-0.2, -0.15) is 0 Å². The molecular weight excluding hydrogens is 174 g/mol. The summed E-state index contributed by atoms with van der Waals surface area (Å²) in [6.45, 7) is 7.34. The molecule has 2 nitrogen and oxygen atoms in total. The van der Waals surface area contributed by atoms with Crippen LogP contribution in [0.5, 0.6) is 0 Å². The summed E-state index contributed by atoms with van der Waals surface area (Å²) < 4.78 is 5.95. The van der Waals surface area contributed by atoms with Gasteiger partial charge in [0.2, 0.25) is 0 Å². The first-order valence-corrected chi connectivity index (χ1v) is 6.17. The quantitative estimate of drug-likeness (QED) is 0.664. The molecule has 1 N–H and O–H groups in total. The predicted molar refractivity (Wildman–Crippen MR) is 60.6 cm³/mol. The maximum absolute atomic E-state index is 5.95. The van der Waals surface area contributed by atoms with Crippen molar-refractivity contribution < 1.29 is 4.74 Å². The van der Waals surface area contributed by atoms with E-state index in [9.17, 15) is 0 Å². The highest BCUT2D eigenvalue weighted by Crippen LogP contribution is 2.30. The fraction of sp³-hybridized carbons (Fsp3) is 1.00. The Morgan fingerprint density at radius 2 is 1.86 bits per heavy atom. The van der Waals surface area contributed by atoms with E-state index in [0.29, 0.717) is 0 Å². The number of ether oxygens (including phenoxy) is 1. The van der Waals surface area contributed by atoms with Crippen LogP contribution in [0.2, 0.25) is 0 Å². The summed E-state index contributed by atoms with van der Waals surface area (Å²) >= 11 is 0. The van der Waals surface area contributed by atoms with Crippen molar-refractivity contribution in [1.29, 1.82) is 0 Å². The van der Waals surface area contributed by atoms with Crippen molar-refractivity contribution in [2.75, 3.05) is 19.7 Å². The molecule has 1 aliphatic carbocycles. The third-order valence-electron chi connectivity index (χ3n) is 3.09. The van der Waals surface area contributed by atoms with E-state index in [-0.39, 0.29) is 5.60 Å². The van der Waals surface area contributed by atoms with Gasteiger partial charge in [0.15, 0.2) is 0 Å². The summed E-state index contributed by atoms with van der Waals surface area (Å²) in [6, 6.07) is 0. The zero-order valence-electron chi connectivity index (χ0n) is 9.77. The largest absolute Gasteiger partial charge is 0.374 e. The zero-order valence-corrected chi connectivity index (χ0v) is 9.77. The van der Waals surface area contributed by atoms with Crippen LogP contribution in [0.3, 0.4) is 0 Å². The first kappa shape index (κ1) is 12.0. The SMILES string of the molecule is CCCNCC1(OCC)CCCCC1. The van der Waals surface area contributed by atoms with Gasteiger partial charge in [-0.3, -0.25) is 0 Å². The number of hydrogen-bond donors (Lipinski definition) is 1. The lowest BCUT2D eigenvalue weighted by Gasteiger charge is -2.37. The van der Waals surface area contributed by atoms with E-state index in [4.69, 9.17) is 4.74 Å². The van der Waals surface area contributed by atoms with Gasteiger partial charge in [-0.05, 0) is 32.7 Å². The fourth-order valence-electron chi connectivity index (χ4n) is 2.37. The normalized spacial score (nSPS) is 21.0. The first-order chi connectivity index (χ1) is 6.83. The van der Waals surface area contributed by atoms with Gasteiger partial charge in [0.05, 0.1) is 5.60 Å². The van der Waals surface area contributed by atoms with Gasteiger partial charge in [0.1, 0.15) is 0 Å². The third-order valence-corrected chi connectivity index (χ3v) is 3.09. The molecule has 0 heterocycles. The van der Waals surface area contributed by atoms with Crippen LogP contribution in [0.25, 0.3) is 0 Å². The van der Waals surface area contributed by atoms with E-state index >= 15 is 0 Å². The Morgan fingerprint density at radius 1 is 1.14 bits per heavy atom. The van der Waals surface area contributed by atoms with Gasteiger partial charge < -0.3 is 10.1 Å². The van der Waals surface area contributed by atoms with Crippen LogP contribution in [-0.4, -0.2) is 25.3 Å². The minimum absolute atomic E-state index is 0.169. The maximum atomic E-state index is 5.95.